The van der Waals surface area contributed by atoms with Crippen LogP contribution < -0.4 is 0 Å². The Morgan fingerprint density at radius 1 is 1.00 bits per heavy atom. The molecule has 7 heteroatoms. The first kappa shape index (κ1) is 21.8. The summed E-state index contributed by atoms with van der Waals surface area (Å²) in [5.41, 5.74) is 2.48. The van der Waals surface area contributed by atoms with Crippen molar-refractivity contribution < 1.29 is 13.2 Å². The zero-order valence-corrected chi connectivity index (χ0v) is 19.0. The van der Waals surface area contributed by atoms with Crippen molar-refractivity contribution in [2.24, 2.45) is 5.92 Å². The topological polar surface area (TPSA) is 60.9 Å². The number of hydrogen-bond donors (Lipinski definition) is 0. The zero-order chi connectivity index (χ0) is 21.1. The van der Waals surface area contributed by atoms with Gasteiger partial charge in [-0.15, -0.1) is 0 Å². The van der Waals surface area contributed by atoms with Crippen molar-refractivity contribution in [3.05, 3.63) is 29.3 Å². The Morgan fingerprint density at radius 3 is 2.37 bits per heavy atom. The largest absolute Gasteiger partial charge is 0.344 e. The van der Waals surface area contributed by atoms with Crippen molar-refractivity contribution in [1.82, 2.24) is 14.1 Å². The molecule has 1 aromatic carbocycles. The van der Waals surface area contributed by atoms with E-state index in [2.05, 4.69) is 4.90 Å². The van der Waals surface area contributed by atoms with Crippen LogP contribution in [0.25, 0.3) is 0 Å². The van der Waals surface area contributed by atoms with E-state index in [4.69, 9.17) is 0 Å². The Hall–Kier alpha value is -1.44. The smallest absolute Gasteiger partial charge is 0.243 e. The van der Waals surface area contributed by atoms with E-state index in [9.17, 15) is 13.2 Å². The van der Waals surface area contributed by atoms with Gasteiger partial charge in [0.05, 0.1) is 4.90 Å². The lowest BCUT2D eigenvalue weighted by molar-refractivity contribution is -0.135. The lowest BCUT2D eigenvalue weighted by atomic mass is 9.92. The molecular formula is C23H35N3O3S. The molecule has 1 amide bonds. The second kappa shape index (κ2) is 9.37. The van der Waals surface area contributed by atoms with Crippen molar-refractivity contribution >= 4 is 15.9 Å². The van der Waals surface area contributed by atoms with Crippen LogP contribution in [-0.2, 0) is 27.7 Å². The predicted molar refractivity (Wildman–Crippen MR) is 118 cm³/mol. The quantitative estimate of drug-likeness (QED) is 0.692. The number of aryl methyl sites for hydroxylation is 2. The highest BCUT2D eigenvalue weighted by molar-refractivity contribution is 7.89. The van der Waals surface area contributed by atoms with E-state index in [1.807, 2.05) is 24.1 Å². The molecule has 0 spiro atoms. The summed E-state index contributed by atoms with van der Waals surface area (Å²) in [6.45, 7) is 4.83. The van der Waals surface area contributed by atoms with Gasteiger partial charge in [0, 0.05) is 39.1 Å². The Balaban J connectivity index is 1.32. The van der Waals surface area contributed by atoms with Gasteiger partial charge < -0.3 is 9.80 Å². The van der Waals surface area contributed by atoms with E-state index in [0.717, 1.165) is 45.4 Å². The summed E-state index contributed by atoms with van der Waals surface area (Å²) in [6.07, 6.45) is 8.08. The third kappa shape index (κ3) is 4.73. The fraction of sp³-hybridized carbons (Fsp3) is 0.696. The number of piperidine rings is 1. The molecule has 0 saturated carbocycles. The molecule has 0 radical (unpaired) electrons. The molecule has 0 unspecified atom stereocenters. The molecular weight excluding hydrogens is 398 g/mol. The first-order chi connectivity index (χ1) is 14.4. The average molecular weight is 434 g/mol. The summed E-state index contributed by atoms with van der Waals surface area (Å²) in [4.78, 5) is 17.5. The maximum absolute atomic E-state index is 13.2. The first-order valence-electron chi connectivity index (χ1n) is 11.5. The standard InChI is InChI=1S/C23H35N3O3S/c1-24(16-17-25-12-4-5-13-25)23(27)20-10-14-26(15-11-20)30(28,29)22-9-8-19-6-2-3-7-21(19)18-22/h8-9,18,20H,2-7,10-17H2,1H3. The van der Waals surface area contributed by atoms with Gasteiger partial charge in [0.2, 0.25) is 15.9 Å². The molecule has 2 aliphatic heterocycles. The van der Waals surface area contributed by atoms with Crippen LogP contribution in [0.1, 0.15) is 49.7 Å². The highest BCUT2D eigenvalue weighted by atomic mass is 32.2. The molecule has 2 fully saturated rings. The fourth-order valence-corrected chi connectivity index (χ4v) is 6.60. The van der Waals surface area contributed by atoms with Crippen LogP contribution in [0.15, 0.2) is 23.1 Å². The molecule has 2 saturated heterocycles. The number of sulfonamides is 1. The number of amides is 1. The maximum Gasteiger partial charge on any atom is 0.243 e. The normalized spacial score (nSPS) is 21.5. The van der Waals surface area contributed by atoms with Gasteiger partial charge in [0.15, 0.2) is 0 Å². The van der Waals surface area contributed by atoms with Crippen LogP contribution >= 0.6 is 0 Å². The number of likely N-dealkylation sites (N-methyl/N-ethyl adjacent to an activating group) is 1. The molecule has 3 aliphatic rings. The minimum atomic E-state index is -3.48. The van der Waals surface area contributed by atoms with Crippen LogP contribution in [-0.4, -0.2) is 74.7 Å². The van der Waals surface area contributed by atoms with E-state index < -0.39 is 10.0 Å². The number of likely N-dealkylation sites (tertiary alicyclic amines) is 1. The monoisotopic (exact) mass is 433 g/mol. The van der Waals surface area contributed by atoms with Crippen LogP contribution in [0.5, 0.6) is 0 Å². The van der Waals surface area contributed by atoms with Gasteiger partial charge in [-0.3, -0.25) is 4.79 Å². The van der Waals surface area contributed by atoms with Gasteiger partial charge in [-0.2, -0.15) is 4.31 Å². The van der Waals surface area contributed by atoms with Gasteiger partial charge in [-0.05, 0) is 87.7 Å². The highest BCUT2D eigenvalue weighted by Gasteiger charge is 2.33. The molecule has 0 N–H and O–H groups in total. The number of carbonyl (C=O) groups is 1. The number of hydrogen-bond acceptors (Lipinski definition) is 4. The maximum atomic E-state index is 13.2. The van der Waals surface area contributed by atoms with Gasteiger partial charge in [-0.25, -0.2) is 8.42 Å². The Labute approximate surface area is 181 Å². The second-order valence-corrected chi connectivity index (χ2v) is 11.1. The van der Waals surface area contributed by atoms with Crippen LogP contribution in [0, 0.1) is 5.92 Å². The number of benzene rings is 1. The molecule has 0 bridgehead atoms. The van der Waals surface area contributed by atoms with Crippen molar-refractivity contribution in [3.8, 4) is 0 Å². The summed E-state index contributed by atoms with van der Waals surface area (Å²) in [6, 6.07) is 5.64. The zero-order valence-electron chi connectivity index (χ0n) is 18.2. The third-order valence-electron chi connectivity index (χ3n) is 7.09. The van der Waals surface area contributed by atoms with Gasteiger partial charge in [-0.1, -0.05) is 6.07 Å². The molecule has 30 heavy (non-hydrogen) atoms. The molecule has 0 atom stereocenters. The summed E-state index contributed by atoms with van der Waals surface area (Å²) >= 11 is 0. The summed E-state index contributed by atoms with van der Waals surface area (Å²) in [5.74, 6) is 0.101. The number of carbonyl (C=O) groups excluding carboxylic acids is 1. The Kier molecular flexibility index (Phi) is 6.80. The van der Waals surface area contributed by atoms with Crippen LogP contribution in [0.4, 0.5) is 0 Å². The van der Waals surface area contributed by atoms with Crippen molar-refractivity contribution in [2.75, 3.05) is 46.3 Å². The van der Waals surface area contributed by atoms with Crippen LogP contribution in [0.2, 0.25) is 0 Å². The van der Waals surface area contributed by atoms with E-state index in [0.29, 0.717) is 30.8 Å². The molecule has 1 aliphatic carbocycles. The lowest BCUT2D eigenvalue weighted by Crippen LogP contribution is -2.44. The number of rotatable bonds is 6. The van der Waals surface area contributed by atoms with Crippen molar-refractivity contribution in [1.29, 1.82) is 0 Å². The van der Waals surface area contributed by atoms with E-state index >= 15 is 0 Å². The molecule has 4 rings (SSSR count). The SMILES string of the molecule is CN(CCN1CCCC1)C(=O)C1CCN(S(=O)(=O)c2ccc3c(c2)CCCC3)CC1. The minimum absolute atomic E-state index is 0.0661. The van der Waals surface area contributed by atoms with E-state index in [1.54, 1.807) is 10.4 Å². The van der Waals surface area contributed by atoms with Crippen molar-refractivity contribution in [2.45, 2.75) is 56.3 Å². The summed E-state index contributed by atoms with van der Waals surface area (Å²) in [5, 5.41) is 0. The summed E-state index contributed by atoms with van der Waals surface area (Å²) in [7, 11) is -1.60. The molecule has 166 valence electrons. The van der Waals surface area contributed by atoms with Gasteiger partial charge in [0.25, 0.3) is 0 Å². The number of fused-ring (bicyclic) bond motifs is 1. The molecule has 0 aromatic heterocycles. The molecule has 6 nitrogen and oxygen atoms in total. The fourth-order valence-electron chi connectivity index (χ4n) is 5.08. The van der Waals surface area contributed by atoms with Crippen molar-refractivity contribution in [3.63, 3.8) is 0 Å². The summed E-state index contributed by atoms with van der Waals surface area (Å²) < 4.78 is 27.9. The molecule has 2 heterocycles. The van der Waals surface area contributed by atoms with Gasteiger partial charge in [0.1, 0.15) is 0 Å². The van der Waals surface area contributed by atoms with E-state index in [-0.39, 0.29) is 11.8 Å². The number of nitrogens with zero attached hydrogens (tertiary/aromatic N) is 3. The van der Waals surface area contributed by atoms with Crippen LogP contribution in [0.3, 0.4) is 0 Å². The Bertz CT molecular complexity index is 856. The molecule has 1 aromatic rings. The lowest BCUT2D eigenvalue weighted by Gasteiger charge is -2.33. The predicted octanol–water partition coefficient (Wildman–Crippen LogP) is 2.52. The first-order valence-corrected chi connectivity index (χ1v) is 13.0. The highest BCUT2D eigenvalue weighted by Crippen LogP contribution is 2.28. The third-order valence-corrected chi connectivity index (χ3v) is 8.98. The van der Waals surface area contributed by atoms with E-state index in [1.165, 1.54) is 30.4 Å². The average Bonchev–Trinajstić information content (AvgIpc) is 3.30. The van der Waals surface area contributed by atoms with Gasteiger partial charge >= 0.3 is 0 Å². The Morgan fingerprint density at radius 2 is 1.67 bits per heavy atom. The minimum Gasteiger partial charge on any atom is -0.344 e. The second-order valence-electron chi connectivity index (χ2n) is 9.12.